The lowest BCUT2D eigenvalue weighted by molar-refractivity contribution is 0.206. The van der Waals surface area contributed by atoms with E-state index in [1.807, 2.05) is 24.3 Å². The Hall–Kier alpha value is -2.51. The third-order valence-corrected chi connectivity index (χ3v) is 6.41. The van der Waals surface area contributed by atoms with Crippen LogP contribution in [0.4, 0.5) is 0 Å². The summed E-state index contributed by atoms with van der Waals surface area (Å²) in [4.78, 5) is 14.5. The minimum absolute atomic E-state index is 0.557. The average molecular weight is 379 g/mol. The molecule has 0 bridgehead atoms. The van der Waals surface area contributed by atoms with Gasteiger partial charge in [0.2, 0.25) is 0 Å². The molecule has 0 fully saturated rings. The topological polar surface area (TPSA) is 55.6 Å². The molecule has 0 radical (unpaired) electrons. The molecule has 0 spiro atoms. The van der Waals surface area contributed by atoms with Crippen molar-refractivity contribution in [3.63, 3.8) is 0 Å². The van der Waals surface area contributed by atoms with Crippen LogP contribution in [-0.4, -0.2) is 44.2 Å². The highest BCUT2D eigenvalue weighted by atomic mass is 32.1. The van der Waals surface area contributed by atoms with Gasteiger partial charge in [0, 0.05) is 24.0 Å². The van der Waals surface area contributed by atoms with E-state index in [0.29, 0.717) is 11.9 Å². The summed E-state index contributed by atoms with van der Waals surface area (Å²) in [5.74, 6) is 1.44. The fourth-order valence-corrected chi connectivity index (χ4v) is 5.00. The van der Waals surface area contributed by atoms with Crippen molar-refractivity contribution in [2.45, 2.75) is 32.9 Å². The number of para-hydroxylation sites is 1. The van der Waals surface area contributed by atoms with E-state index in [9.17, 15) is 0 Å². The minimum atomic E-state index is 0.557. The minimum Gasteiger partial charge on any atom is -0.496 e. The number of rotatable bonds is 3. The van der Waals surface area contributed by atoms with Crippen LogP contribution in [0.3, 0.4) is 0 Å². The van der Waals surface area contributed by atoms with Crippen molar-refractivity contribution in [2.24, 2.45) is 0 Å². The molecule has 0 saturated heterocycles. The smallest absolute Gasteiger partial charge is 0.185 e. The van der Waals surface area contributed by atoms with Gasteiger partial charge in [0.1, 0.15) is 16.9 Å². The second-order valence-electron chi connectivity index (χ2n) is 7.15. The molecule has 138 valence electrons. The maximum Gasteiger partial charge on any atom is 0.185 e. The van der Waals surface area contributed by atoms with Gasteiger partial charge in [0.05, 0.1) is 18.1 Å². The summed E-state index contributed by atoms with van der Waals surface area (Å²) in [5.41, 5.74) is 3.17. The third-order valence-electron chi connectivity index (χ3n) is 5.29. The van der Waals surface area contributed by atoms with Gasteiger partial charge in [-0.15, -0.1) is 16.4 Å². The normalized spacial score (nSPS) is 15.0. The van der Waals surface area contributed by atoms with Crippen molar-refractivity contribution in [1.82, 2.24) is 24.5 Å². The Bertz CT molecular complexity index is 1150. The van der Waals surface area contributed by atoms with Crippen LogP contribution in [0.25, 0.3) is 27.3 Å². The first-order valence-electron chi connectivity index (χ1n) is 9.18. The van der Waals surface area contributed by atoms with Crippen LogP contribution in [0.15, 0.2) is 30.6 Å². The predicted octanol–water partition coefficient (Wildman–Crippen LogP) is 3.78. The highest BCUT2D eigenvalue weighted by Crippen LogP contribution is 2.37. The lowest BCUT2D eigenvalue weighted by Crippen LogP contribution is -2.35. The average Bonchev–Trinajstić information content (AvgIpc) is 3.27. The van der Waals surface area contributed by atoms with Crippen LogP contribution in [0.5, 0.6) is 5.75 Å². The zero-order valence-corrected chi connectivity index (χ0v) is 16.5. The monoisotopic (exact) mass is 379 g/mol. The van der Waals surface area contributed by atoms with Crippen molar-refractivity contribution in [2.75, 3.05) is 13.7 Å². The van der Waals surface area contributed by atoms with Crippen molar-refractivity contribution in [1.29, 1.82) is 0 Å². The lowest BCUT2D eigenvalue weighted by Gasteiger charge is -2.30. The molecule has 7 heteroatoms. The molecule has 1 aliphatic heterocycles. The molecular formula is C20H21N5OS. The summed E-state index contributed by atoms with van der Waals surface area (Å²) in [5, 5.41) is 5.83. The Morgan fingerprint density at radius 3 is 2.89 bits per heavy atom. The highest BCUT2D eigenvalue weighted by Gasteiger charge is 2.25. The van der Waals surface area contributed by atoms with E-state index in [-0.39, 0.29) is 0 Å². The quantitative estimate of drug-likeness (QED) is 0.542. The summed E-state index contributed by atoms with van der Waals surface area (Å²) < 4.78 is 7.28. The van der Waals surface area contributed by atoms with Gasteiger partial charge in [0.15, 0.2) is 11.5 Å². The molecule has 6 nitrogen and oxygen atoms in total. The molecule has 27 heavy (non-hydrogen) atoms. The Labute approximate surface area is 161 Å². The molecular weight excluding hydrogens is 358 g/mol. The maximum absolute atomic E-state index is 5.48. The van der Waals surface area contributed by atoms with E-state index < -0.39 is 0 Å². The Balaban J connectivity index is 1.69. The van der Waals surface area contributed by atoms with E-state index in [1.165, 1.54) is 10.4 Å². The second-order valence-corrected chi connectivity index (χ2v) is 8.23. The zero-order chi connectivity index (χ0) is 18.5. The molecule has 0 unspecified atom stereocenters. The number of hydrogen-bond acceptors (Lipinski definition) is 6. The summed E-state index contributed by atoms with van der Waals surface area (Å²) in [6.45, 7) is 6.58. The van der Waals surface area contributed by atoms with E-state index in [0.717, 1.165) is 46.7 Å². The van der Waals surface area contributed by atoms with Gasteiger partial charge in [-0.3, -0.25) is 4.90 Å². The molecule has 0 saturated carbocycles. The van der Waals surface area contributed by atoms with Gasteiger partial charge in [-0.05, 0) is 38.0 Å². The van der Waals surface area contributed by atoms with Crippen LogP contribution >= 0.6 is 11.3 Å². The van der Waals surface area contributed by atoms with E-state index in [4.69, 9.17) is 9.72 Å². The number of nitrogens with zero attached hydrogens (tertiary/aromatic N) is 5. The number of ether oxygens (including phenoxy) is 1. The molecule has 3 aromatic heterocycles. The molecule has 0 N–H and O–H groups in total. The van der Waals surface area contributed by atoms with Gasteiger partial charge < -0.3 is 4.74 Å². The van der Waals surface area contributed by atoms with Crippen molar-refractivity contribution < 1.29 is 4.74 Å². The number of benzene rings is 1. The summed E-state index contributed by atoms with van der Waals surface area (Å²) >= 11 is 1.79. The van der Waals surface area contributed by atoms with Gasteiger partial charge >= 0.3 is 0 Å². The summed E-state index contributed by atoms with van der Waals surface area (Å²) in [6.07, 6.45) is 2.80. The van der Waals surface area contributed by atoms with Crippen molar-refractivity contribution in [3.05, 3.63) is 41.0 Å². The fourth-order valence-electron chi connectivity index (χ4n) is 3.80. The van der Waals surface area contributed by atoms with Gasteiger partial charge in [-0.2, -0.15) is 0 Å². The molecule has 0 atom stereocenters. The molecule has 0 amide bonds. The SMILES string of the molecule is COc1ccccc1-c1nc2c3c4c(sc3ncn2n1)CN(C(C)C)CC4. The zero-order valence-electron chi connectivity index (χ0n) is 15.6. The molecule has 4 heterocycles. The first-order valence-corrected chi connectivity index (χ1v) is 10.0. The number of fused-ring (bicyclic) bond motifs is 5. The summed E-state index contributed by atoms with van der Waals surface area (Å²) in [6, 6.07) is 8.41. The number of methoxy groups -OCH3 is 1. The Morgan fingerprint density at radius 1 is 1.22 bits per heavy atom. The van der Waals surface area contributed by atoms with Gasteiger partial charge in [-0.25, -0.2) is 14.5 Å². The van der Waals surface area contributed by atoms with Crippen LogP contribution < -0.4 is 4.74 Å². The van der Waals surface area contributed by atoms with Crippen LogP contribution in [-0.2, 0) is 13.0 Å². The molecule has 0 aliphatic carbocycles. The molecule has 5 rings (SSSR count). The Kier molecular flexibility index (Phi) is 3.87. The predicted molar refractivity (Wildman–Crippen MR) is 107 cm³/mol. The largest absolute Gasteiger partial charge is 0.496 e. The van der Waals surface area contributed by atoms with E-state index in [1.54, 1.807) is 29.3 Å². The molecule has 1 aromatic carbocycles. The van der Waals surface area contributed by atoms with Crippen molar-refractivity contribution >= 4 is 27.2 Å². The van der Waals surface area contributed by atoms with Crippen LogP contribution in [0.2, 0.25) is 0 Å². The molecule has 4 aromatic rings. The van der Waals surface area contributed by atoms with Crippen LogP contribution in [0, 0.1) is 0 Å². The molecule has 1 aliphatic rings. The van der Waals surface area contributed by atoms with E-state index in [2.05, 4.69) is 28.8 Å². The van der Waals surface area contributed by atoms with Crippen molar-refractivity contribution in [3.8, 4) is 17.1 Å². The first kappa shape index (κ1) is 16.6. The maximum atomic E-state index is 5.48. The summed E-state index contributed by atoms with van der Waals surface area (Å²) in [7, 11) is 1.67. The Morgan fingerprint density at radius 2 is 2.07 bits per heavy atom. The number of aromatic nitrogens is 4. The number of hydrogen-bond donors (Lipinski definition) is 0. The standard InChI is InChI=1S/C20H21N5OS/c1-12(2)24-9-8-14-16(10-24)27-20-17(14)19-22-18(23-25(19)11-21-20)13-6-4-5-7-15(13)26-3/h4-7,11-12H,8-10H2,1-3H3. The second kappa shape index (κ2) is 6.28. The van der Waals surface area contributed by atoms with Gasteiger partial charge in [0.25, 0.3) is 0 Å². The highest BCUT2D eigenvalue weighted by molar-refractivity contribution is 7.19. The fraction of sp³-hybridized carbons (Fsp3) is 0.350. The van der Waals surface area contributed by atoms with Crippen LogP contribution in [0.1, 0.15) is 24.3 Å². The first-order chi connectivity index (χ1) is 13.2. The van der Waals surface area contributed by atoms with Gasteiger partial charge in [-0.1, -0.05) is 12.1 Å². The number of thiophene rings is 1. The lowest BCUT2D eigenvalue weighted by atomic mass is 10.0. The van der Waals surface area contributed by atoms with E-state index >= 15 is 0 Å². The third kappa shape index (κ3) is 2.61.